The van der Waals surface area contributed by atoms with Crippen LogP contribution < -0.4 is 0 Å². The fourth-order valence-electron chi connectivity index (χ4n) is 5.24. The molecular formula is C30H18Cl2N2. The van der Waals surface area contributed by atoms with Crippen LogP contribution in [0.2, 0.25) is 10.0 Å². The zero-order chi connectivity index (χ0) is 22.8. The van der Waals surface area contributed by atoms with Gasteiger partial charge in [-0.15, -0.1) is 0 Å². The largest absolute Gasteiger partial charge is 0.354 e. The van der Waals surface area contributed by atoms with Gasteiger partial charge in [-0.1, -0.05) is 83.9 Å². The van der Waals surface area contributed by atoms with Crippen molar-refractivity contribution in [2.75, 3.05) is 0 Å². The summed E-state index contributed by atoms with van der Waals surface area (Å²) in [5.74, 6) is 0. The van der Waals surface area contributed by atoms with E-state index in [0.717, 1.165) is 43.2 Å². The van der Waals surface area contributed by atoms with Crippen molar-refractivity contribution in [3.63, 3.8) is 0 Å². The summed E-state index contributed by atoms with van der Waals surface area (Å²) in [6, 6.07) is 33.2. The summed E-state index contributed by atoms with van der Waals surface area (Å²) < 4.78 is 0. The number of fused-ring (bicyclic) bond motifs is 6. The molecule has 0 aliphatic carbocycles. The Morgan fingerprint density at radius 3 is 1.24 bits per heavy atom. The highest BCUT2D eigenvalue weighted by atomic mass is 35.5. The van der Waals surface area contributed by atoms with E-state index in [1.165, 1.54) is 32.7 Å². The summed E-state index contributed by atoms with van der Waals surface area (Å²) in [5.41, 5.74) is 9.05. The molecule has 2 N–H and O–H groups in total. The lowest BCUT2D eigenvalue weighted by molar-refractivity contribution is 1.53. The van der Waals surface area contributed by atoms with Crippen molar-refractivity contribution in [3.8, 4) is 22.3 Å². The Morgan fingerprint density at radius 1 is 0.441 bits per heavy atom. The monoisotopic (exact) mass is 476 g/mol. The fourth-order valence-corrected chi connectivity index (χ4v) is 5.49. The van der Waals surface area contributed by atoms with Crippen molar-refractivity contribution in [2.24, 2.45) is 0 Å². The zero-order valence-electron chi connectivity index (χ0n) is 18.0. The van der Waals surface area contributed by atoms with Crippen molar-refractivity contribution in [1.82, 2.24) is 9.97 Å². The summed E-state index contributed by atoms with van der Waals surface area (Å²) in [6.07, 6.45) is 0. The van der Waals surface area contributed by atoms with Crippen LogP contribution in [-0.4, -0.2) is 9.97 Å². The lowest BCUT2D eigenvalue weighted by Crippen LogP contribution is -1.89. The highest BCUT2D eigenvalue weighted by molar-refractivity contribution is 6.33. The minimum atomic E-state index is 0.726. The molecule has 7 rings (SSSR count). The molecule has 0 atom stereocenters. The van der Waals surface area contributed by atoms with Gasteiger partial charge in [0, 0.05) is 53.8 Å². The van der Waals surface area contributed by atoms with Crippen LogP contribution in [0.15, 0.2) is 97.1 Å². The van der Waals surface area contributed by atoms with Crippen molar-refractivity contribution in [2.45, 2.75) is 0 Å². The van der Waals surface area contributed by atoms with Gasteiger partial charge >= 0.3 is 0 Å². The van der Waals surface area contributed by atoms with Gasteiger partial charge in [-0.05, 0) is 47.5 Å². The molecule has 5 aromatic carbocycles. The number of H-pyrrole nitrogens is 2. The Morgan fingerprint density at radius 2 is 0.824 bits per heavy atom. The second-order valence-corrected chi connectivity index (χ2v) is 9.48. The van der Waals surface area contributed by atoms with Crippen LogP contribution in [-0.2, 0) is 0 Å². The normalized spacial score (nSPS) is 11.8. The minimum Gasteiger partial charge on any atom is -0.354 e. The minimum absolute atomic E-state index is 0.726. The molecule has 0 bridgehead atoms. The molecule has 2 heterocycles. The molecule has 0 spiro atoms. The Labute approximate surface area is 205 Å². The molecule has 34 heavy (non-hydrogen) atoms. The Kier molecular flexibility index (Phi) is 4.29. The highest BCUT2D eigenvalue weighted by Crippen LogP contribution is 2.48. The van der Waals surface area contributed by atoms with E-state index in [9.17, 15) is 0 Å². The number of para-hydroxylation sites is 2. The third-order valence-corrected chi connectivity index (χ3v) is 7.18. The first-order chi connectivity index (χ1) is 16.7. The molecule has 0 aliphatic rings. The van der Waals surface area contributed by atoms with Gasteiger partial charge in [0.1, 0.15) is 0 Å². The predicted octanol–water partition coefficient (Wildman–Crippen LogP) is 9.60. The topological polar surface area (TPSA) is 31.6 Å². The van der Waals surface area contributed by atoms with E-state index >= 15 is 0 Å². The maximum Gasteiger partial charge on any atom is 0.0558 e. The van der Waals surface area contributed by atoms with Gasteiger partial charge in [0.15, 0.2) is 0 Å². The summed E-state index contributed by atoms with van der Waals surface area (Å²) >= 11 is 12.5. The molecule has 4 heteroatoms. The zero-order valence-corrected chi connectivity index (χ0v) is 19.5. The molecule has 0 amide bonds. The number of hydrogen-bond donors (Lipinski definition) is 2. The number of aromatic nitrogens is 2. The standard InChI is InChI=1S/C30H18Cl2N2/c31-19-13-9-17(10-14-19)25-27-21-5-1-3-7-23(21)33-29(27)26(18-11-15-20(32)16-12-18)28-22-6-2-4-8-24(22)34-30(25)28/h1-16,33-34H. The second kappa shape index (κ2) is 7.39. The van der Waals surface area contributed by atoms with Crippen LogP contribution in [0, 0.1) is 0 Å². The number of hydrogen-bond acceptors (Lipinski definition) is 0. The lowest BCUT2D eigenvalue weighted by atomic mass is 9.90. The molecule has 2 aromatic heterocycles. The molecule has 2 nitrogen and oxygen atoms in total. The van der Waals surface area contributed by atoms with Crippen LogP contribution >= 0.6 is 23.2 Å². The Hall–Kier alpha value is -3.72. The quantitative estimate of drug-likeness (QED) is 0.248. The van der Waals surface area contributed by atoms with Crippen LogP contribution in [0.4, 0.5) is 0 Å². The van der Waals surface area contributed by atoms with Gasteiger partial charge in [-0.25, -0.2) is 0 Å². The van der Waals surface area contributed by atoms with Crippen molar-refractivity contribution in [1.29, 1.82) is 0 Å². The number of nitrogens with one attached hydrogen (secondary N) is 2. The highest BCUT2D eigenvalue weighted by Gasteiger charge is 2.23. The Balaban J connectivity index is 1.79. The summed E-state index contributed by atoms with van der Waals surface area (Å²) in [7, 11) is 0. The van der Waals surface area contributed by atoms with Gasteiger partial charge in [0.05, 0.1) is 11.0 Å². The number of benzene rings is 5. The molecule has 0 fully saturated rings. The van der Waals surface area contributed by atoms with E-state index in [-0.39, 0.29) is 0 Å². The first-order valence-corrected chi connectivity index (χ1v) is 11.9. The third-order valence-electron chi connectivity index (χ3n) is 6.68. The average Bonchev–Trinajstić information content (AvgIpc) is 3.43. The van der Waals surface area contributed by atoms with Crippen molar-refractivity contribution < 1.29 is 0 Å². The van der Waals surface area contributed by atoms with Gasteiger partial charge in [-0.3, -0.25) is 0 Å². The molecule has 0 unspecified atom stereocenters. The number of halogens is 2. The summed E-state index contributed by atoms with van der Waals surface area (Å²) in [5, 5.41) is 6.23. The molecular weight excluding hydrogens is 459 g/mol. The van der Waals surface area contributed by atoms with E-state index in [1.54, 1.807) is 0 Å². The number of rotatable bonds is 2. The maximum atomic E-state index is 6.27. The average molecular weight is 477 g/mol. The molecule has 7 aromatic rings. The van der Waals surface area contributed by atoms with E-state index in [0.29, 0.717) is 0 Å². The Bertz CT molecular complexity index is 1720. The summed E-state index contributed by atoms with van der Waals surface area (Å²) in [4.78, 5) is 7.51. The first-order valence-electron chi connectivity index (χ1n) is 11.2. The smallest absolute Gasteiger partial charge is 0.0558 e. The summed E-state index contributed by atoms with van der Waals surface area (Å²) in [6.45, 7) is 0. The first kappa shape index (κ1) is 19.7. The predicted molar refractivity (Wildman–Crippen MR) is 146 cm³/mol. The molecule has 0 radical (unpaired) electrons. The molecule has 0 saturated heterocycles. The fraction of sp³-hybridized carbons (Fsp3) is 0. The van der Waals surface area contributed by atoms with Crippen molar-refractivity contribution >= 4 is 66.8 Å². The SMILES string of the molecule is Clc1ccc(-c2c3[nH]c4ccccc4c3c(-c3ccc(Cl)cc3)c3[nH]c4ccccc4c23)cc1. The molecule has 0 aliphatic heterocycles. The van der Waals surface area contributed by atoms with Crippen LogP contribution in [0.3, 0.4) is 0 Å². The van der Waals surface area contributed by atoms with Crippen LogP contribution in [0.5, 0.6) is 0 Å². The maximum absolute atomic E-state index is 6.27. The van der Waals surface area contributed by atoms with E-state index in [2.05, 4.69) is 82.8 Å². The number of aromatic amines is 2. The van der Waals surface area contributed by atoms with E-state index < -0.39 is 0 Å². The van der Waals surface area contributed by atoms with Crippen LogP contribution in [0.25, 0.3) is 65.9 Å². The van der Waals surface area contributed by atoms with E-state index in [4.69, 9.17) is 23.2 Å². The second-order valence-electron chi connectivity index (χ2n) is 8.60. The molecule has 0 saturated carbocycles. The van der Waals surface area contributed by atoms with Crippen LogP contribution in [0.1, 0.15) is 0 Å². The third kappa shape index (κ3) is 2.83. The van der Waals surface area contributed by atoms with E-state index in [1.807, 2.05) is 24.3 Å². The van der Waals surface area contributed by atoms with Gasteiger partial charge in [0.25, 0.3) is 0 Å². The van der Waals surface area contributed by atoms with Gasteiger partial charge in [-0.2, -0.15) is 0 Å². The lowest BCUT2D eigenvalue weighted by Gasteiger charge is -2.13. The molecule has 162 valence electrons. The van der Waals surface area contributed by atoms with Crippen molar-refractivity contribution in [3.05, 3.63) is 107 Å². The van der Waals surface area contributed by atoms with Gasteiger partial charge < -0.3 is 9.97 Å². The van der Waals surface area contributed by atoms with Gasteiger partial charge in [0.2, 0.25) is 0 Å².